The van der Waals surface area contributed by atoms with Crippen molar-refractivity contribution >= 4 is 34.0 Å². The molecule has 0 unspecified atom stereocenters. The summed E-state index contributed by atoms with van der Waals surface area (Å²) in [4.78, 5) is 14.3. The van der Waals surface area contributed by atoms with Crippen LogP contribution in [0, 0.1) is 5.92 Å². The van der Waals surface area contributed by atoms with Crippen molar-refractivity contribution in [3.63, 3.8) is 0 Å². The lowest BCUT2D eigenvalue weighted by Gasteiger charge is -2.30. The van der Waals surface area contributed by atoms with E-state index in [1.54, 1.807) is 12.1 Å². The molecular formula is C19H22ClNO2. The van der Waals surface area contributed by atoms with Gasteiger partial charge in [0.05, 0.1) is 5.69 Å². The van der Waals surface area contributed by atoms with Crippen LogP contribution in [0.2, 0.25) is 0 Å². The van der Waals surface area contributed by atoms with E-state index in [2.05, 4.69) is 0 Å². The molecule has 0 radical (unpaired) electrons. The van der Waals surface area contributed by atoms with E-state index in [0.717, 1.165) is 16.5 Å². The van der Waals surface area contributed by atoms with Gasteiger partial charge in [-0.05, 0) is 42.3 Å². The second-order valence-corrected chi connectivity index (χ2v) is 6.59. The molecule has 2 aromatic carbocycles. The molecule has 1 N–H and O–H groups in total. The van der Waals surface area contributed by atoms with Gasteiger partial charge in [0.15, 0.2) is 0 Å². The minimum absolute atomic E-state index is 0.0259. The van der Waals surface area contributed by atoms with Gasteiger partial charge in [-0.15, -0.1) is 11.6 Å². The molecule has 0 bridgehead atoms. The van der Waals surface area contributed by atoms with Gasteiger partial charge in [0.1, 0.15) is 11.6 Å². The maximum absolute atomic E-state index is 12.4. The topological polar surface area (TPSA) is 40.5 Å². The monoisotopic (exact) mass is 331 g/mol. The molecule has 3 nitrogen and oxygen atoms in total. The predicted octanol–water partition coefficient (Wildman–Crippen LogP) is 4.70. The highest BCUT2D eigenvalue weighted by Gasteiger charge is 2.23. The number of phenolic OH excluding ortho intramolecular Hbond substituents is 1. The Balaban J connectivity index is 1.98. The lowest BCUT2D eigenvalue weighted by molar-refractivity contribution is -0.116. The number of fused-ring (bicyclic) bond motifs is 1. The zero-order chi connectivity index (χ0) is 16.2. The van der Waals surface area contributed by atoms with Crippen LogP contribution in [0.3, 0.4) is 0 Å². The molecular weight excluding hydrogens is 310 g/mol. The first-order valence-corrected chi connectivity index (χ1v) is 8.80. The number of rotatable bonds is 4. The summed E-state index contributed by atoms with van der Waals surface area (Å²) in [5.41, 5.74) is 0.842. The Morgan fingerprint density at radius 3 is 2.70 bits per heavy atom. The van der Waals surface area contributed by atoms with Crippen LogP contribution in [0.5, 0.6) is 5.75 Å². The molecule has 3 rings (SSSR count). The average molecular weight is 332 g/mol. The normalized spacial score (nSPS) is 15.7. The van der Waals surface area contributed by atoms with Crippen LogP contribution < -0.4 is 4.90 Å². The lowest BCUT2D eigenvalue weighted by atomic mass is 9.88. The van der Waals surface area contributed by atoms with E-state index in [0.29, 0.717) is 12.5 Å². The zero-order valence-electron chi connectivity index (χ0n) is 13.2. The molecule has 2 aromatic rings. The fourth-order valence-electron chi connectivity index (χ4n) is 3.51. The fourth-order valence-corrected chi connectivity index (χ4v) is 3.66. The molecule has 1 aliphatic carbocycles. The van der Waals surface area contributed by atoms with Crippen LogP contribution in [0.4, 0.5) is 5.69 Å². The number of alkyl halides is 1. The number of benzene rings is 2. The summed E-state index contributed by atoms with van der Waals surface area (Å²) in [6, 6.07) is 11.1. The Kier molecular flexibility index (Phi) is 5.06. The van der Waals surface area contributed by atoms with Gasteiger partial charge in [0.2, 0.25) is 5.91 Å². The van der Waals surface area contributed by atoms with Gasteiger partial charge in [-0.25, -0.2) is 0 Å². The summed E-state index contributed by atoms with van der Waals surface area (Å²) < 4.78 is 0. The first-order valence-electron chi connectivity index (χ1n) is 8.27. The van der Waals surface area contributed by atoms with Gasteiger partial charge in [0, 0.05) is 11.9 Å². The summed E-state index contributed by atoms with van der Waals surface area (Å²) >= 11 is 5.86. The van der Waals surface area contributed by atoms with Crippen molar-refractivity contribution in [3.8, 4) is 5.75 Å². The standard InChI is InChI=1S/C19H22ClNO2/c20-12-19(23)21(13-14-5-2-1-3-6-14)18-8-4-7-15-9-10-16(22)11-17(15)18/h4,7-11,14,22H,1-3,5-6,12-13H2. The highest BCUT2D eigenvalue weighted by atomic mass is 35.5. The summed E-state index contributed by atoms with van der Waals surface area (Å²) in [6.45, 7) is 0.709. The number of phenols is 1. The van der Waals surface area contributed by atoms with Gasteiger partial charge < -0.3 is 10.0 Å². The number of carbonyl (C=O) groups excluding carboxylic acids is 1. The Bertz CT molecular complexity index is 695. The summed E-state index contributed by atoms with van der Waals surface area (Å²) in [5, 5.41) is 11.7. The first kappa shape index (κ1) is 16.1. The fraction of sp³-hybridized carbons (Fsp3) is 0.421. The van der Waals surface area contributed by atoms with Crippen LogP contribution in [0.25, 0.3) is 10.8 Å². The molecule has 1 amide bonds. The predicted molar refractivity (Wildman–Crippen MR) is 95.3 cm³/mol. The third kappa shape index (κ3) is 3.61. The number of carbonyl (C=O) groups is 1. The van der Waals surface area contributed by atoms with Crippen LogP contribution in [0.15, 0.2) is 36.4 Å². The molecule has 23 heavy (non-hydrogen) atoms. The summed E-state index contributed by atoms with van der Waals surface area (Å²) in [7, 11) is 0. The van der Waals surface area contributed by atoms with E-state index in [1.807, 2.05) is 29.2 Å². The molecule has 0 heterocycles. The largest absolute Gasteiger partial charge is 0.508 e. The average Bonchev–Trinajstić information content (AvgIpc) is 2.59. The minimum Gasteiger partial charge on any atom is -0.508 e. The van der Waals surface area contributed by atoms with Crippen molar-refractivity contribution in [3.05, 3.63) is 36.4 Å². The van der Waals surface area contributed by atoms with Crippen LogP contribution in [-0.2, 0) is 4.79 Å². The van der Waals surface area contributed by atoms with E-state index in [1.165, 1.54) is 32.1 Å². The third-order valence-corrected chi connectivity index (χ3v) is 4.94. The van der Waals surface area contributed by atoms with E-state index < -0.39 is 0 Å². The molecule has 0 aromatic heterocycles. The molecule has 1 saturated carbocycles. The van der Waals surface area contributed by atoms with Crippen molar-refractivity contribution in [2.24, 2.45) is 5.92 Å². The molecule has 4 heteroatoms. The SMILES string of the molecule is O=C(CCl)N(CC1CCCCC1)c1cccc2ccc(O)cc12. The van der Waals surface area contributed by atoms with E-state index in [-0.39, 0.29) is 17.5 Å². The van der Waals surface area contributed by atoms with E-state index >= 15 is 0 Å². The molecule has 1 fully saturated rings. The number of halogens is 1. The third-order valence-electron chi connectivity index (χ3n) is 4.71. The van der Waals surface area contributed by atoms with Crippen LogP contribution >= 0.6 is 11.6 Å². The molecule has 1 aliphatic rings. The quantitative estimate of drug-likeness (QED) is 0.825. The minimum atomic E-state index is -0.0758. The van der Waals surface area contributed by atoms with Crippen molar-refractivity contribution in [1.29, 1.82) is 0 Å². The Morgan fingerprint density at radius 2 is 1.96 bits per heavy atom. The number of amides is 1. The maximum atomic E-state index is 12.4. The van der Waals surface area contributed by atoms with Crippen molar-refractivity contribution in [2.75, 3.05) is 17.3 Å². The van der Waals surface area contributed by atoms with Gasteiger partial charge in [-0.1, -0.05) is 37.5 Å². The van der Waals surface area contributed by atoms with E-state index in [9.17, 15) is 9.90 Å². The molecule has 0 spiro atoms. The summed E-state index contributed by atoms with van der Waals surface area (Å²) in [5.74, 6) is 0.638. The molecule has 0 atom stereocenters. The van der Waals surface area contributed by atoms with Crippen molar-refractivity contribution < 1.29 is 9.90 Å². The van der Waals surface area contributed by atoms with Crippen molar-refractivity contribution in [1.82, 2.24) is 0 Å². The van der Waals surface area contributed by atoms with Gasteiger partial charge in [-0.2, -0.15) is 0 Å². The zero-order valence-corrected chi connectivity index (χ0v) is 13.9. The van der Waals surface area contributed by atoms with Gasteiger partial charge in [0.25, 0.3) is 0 Å². The molecule has 122 valence electrons. The highest BCUT2D eigenvalue weighted by Crippen LogP contribution is 2.32. The second kappa shape index (κ2) is 7.22. The number of hydrogen-bond donors (Lipinski definition) is 1. The Labute approximate surface area is 141 Å². The summed E-state index contributed by atoms with van der Waals surface area (Å²) in [6.07, 6.45) is 6.11. The molecule has 0 saturated heterocycles. The number of nitrogens with zero attached hydrogens (tertiary/aromatic N) is 1. The first-order chi connectivity index (χ1) is 11.2. The highest BCUT2D eigenvalue weighted by molar-refractivity contribution is 6.29. The second-order valence-electron chi connectivity index (χ2n) is 6.32. The smallest absolute Gasteiger partial charge is 0.241 e. The van der Waals surface area contributed by atoms with Crippen molar-refractivity contribution in [2.45, 2.75) is 32.1 Å². The number of anilines is 1. The van der Waals surface area contributed by atoms with Crippen LogP contribution in [-0.4, -0.2) is 23.4 Å². The van der Waals surface area contributed by atoms with E-state index in [4.69, 9.17) is 11.6 Å². The van der Waals surface area contributed by atoms with Gasteiger partial charge in [-0.3, -0.25) is 4.79 Å². The Hall–Kier alpha value is -1.74. The lowest BCUT2D eigenvalue weighted by Crippen LogP contribution is -2.37. The van der Waals surface area contributed by atoms with Gasteiger partial charge >= 0.3 is 0 Å². The number of hydrogen-bond acceptors (Lipinski definition) is 2. The Morgan fingerprint density at radius 1 is 1.17 bits per heavy atom. The molecule has 0 aliphatic heterocycles. The van der Waals surface area contributed by atoms with Crippen LogP contribution in [0.1, 0.15) is 32.1 Å². The maximum Gasteiger partial charge on any atom is 0.241 e. The number of aromatic hydroxyl groups is 1.